The molecule has 6 aliphatic carbocycles. The van der Waals surface area contributed by atoms with Gasteiger partial charge in [0.2, 0.25) is 5.91 Å². The van der Waals surface area contributed by atoms with Crippen molar-refractivity contribution in [3.05, 3.63) is 0 Å². The Balaban J connectivity index is 1.40. The molecule has 0 aromatic rings. The van der Waals surface area contributed by atoms with Crippen LogP contribution in [-0.2, 0) is 4.79 Å². The molecule has 0 heterocycles. The molecule has 6 saturated carbocycles. The van der Waals surface area contributed by atoms with Gasteiger partial charge in [-0.1, -0.05) is 13.8 Å². The highest BCUT2D eigenvalue weighted by atomic mass is 16.2. The zero-order valence-electron chi connectivity index (χ0n) is 14.3. The van der Waals surface area contributed by atoms with Crippen LogP contribution in [-0.4, -0.2) is 11.9 Å². The van der Waals surface area contributed by atoms with Crippen molar-refractivity contribution in [2.45, 2.75) is 84.1 Å². The summed E-state index contributed by atoms with van der Waals surface area (Å²) in [5, 5.41) is 3.59. The van der Waals surface area contributed by atoms with Gasteiger partial charge >= 0.3 is 0 Å². The lowest BCUT2D eigenvalue weighted by atomic mass is 9.40. The van der Waals surface area contributed by atoms with Crippen LogP contribution in [0.2, 0.25) is 0 Å². The van der Waals surface area contributed by atoms with Crippen LogP contribution >= 0.6 is 0 Å². The topological polar surface area (TPSA) is 29.1 Å². The molecule has 2 unspecified atom stereocenters. The third-order valence-corrected chi connectivity index (χ3v) is 7.67. The average molecular weight is 301 g/mol. The van der Waals surface area contributed by atoms with Crippen LogP contribution in [0.4, 0.5) is 0 Å². The molecule has 1 amide bonds. The molecule has 122 valence electrons. The van der Waals surface area contributed by atoms with Crippen LogP contribution in [0.25, 0.3) is 0 Å². The number of hydrogen-bond donors (Lipinski definition) is 1. The Bertz CT molecular complexity index is 488. The fraction of sp³-hybridized carbons (Fsp3) is 0.950. The second-order valence-electron chi connectivity index (χ2n) is 10.6. The SMILES string of the molecule is CC12CC3CC(C)(C1)CC(C(=O)NC(C1CC1)C1CC1)(C3)C2. The summed E-state index contributed by atoms with van der Waals surface area (Å²) < 4.78 is 0. The van der Waals surface area contributed by atoms with Crippen LogP contribution in [0.5, 0.6) is 0 Å². The van der Waals surface area contributed by atoms with Gasteiger partial charge < -0.3 is 5.32 Å². The highest BCUT2D eigenvalue weighted by Crippen LogP contribution is 2.69. The zero-order valence-corrected chi connectivity index (χ0v) is 14.3. The predicted molar refractivity (Wildman–Crippen MR) is 87.2 cm³/mol. The monoisotopic (exact) mass is 301 g/mol. The lowest BCUT2D eigenvalue weighted by molar-refractivity contribution is -0.171. The van der Waals surface area contributed by atoms with E-state index in [4.69, 9.17) is 0 Å². The first kappa shape index (κ1) is 13.9. The Morgan fingerprint density at radius 1 is 0.909 bits per heavy atom. The molecule has 0 aromatic carbocycles. The predicted octanol–water partition coefficient (Wildman–Crippen LogP) is 4.29. The van der Waals surface area contributed by atoms with Gasteiger partial charge in [-0.25, -0.2) is 0 Å². The number of nitrogens with one attached hydrogen (secondary N) is 1. The van der Waals surface area contributed by atoms with E-state index in [0.29, 0.717) is 22.8 Å². The summed E-state index contributed by atoms with van der Waals surface area (Å²) in [4.78, 5) is 13.3. The Morgan fingerprint density at radius 2 is 1.45 bits per heavy atom. The van der Waals surface area contributed by atoms with Gasteiger partial charge in [-0.05, 0) is 92.8 Å². The first-order valence-corrected chi connectivity index (χ1v) is 9.70. The van der Waals surface area contributed by atoms with Gasteiger partial charge in [-0.3, -0.25) is 4.79 Å². The second kappa shape index (κ2) is 4.11. The summed E-state index contributed by atoms with van der Waals surface area (Å²) in [5.41, 5.74) is 0.880. The van der Waals surface area contributed by atoms with Gasteiger partial charge in [0.25, 0.3) is 0 Å². The van der Waals surface area contributed by atoms with E-state index in [0.717, 1.165) is 17.8 Å². The van der Waals surface area contributed by atoms with Crippen molar-refractivity contribution in [3.63, 3.8) is 0 Å². The maximum Gasteiger partial charge on any atom is 0.226 e. The van der Waals surface area contributed by atoms with Crippen molar-refractivity contribution in [2.24, 2.45) is 34.0 Å². The highest BCUT2D eigenvalue weighted by Gasteiger charge is 2.63. The summed E-state index contributed by atoms with van der Waals surface area (Å²) in [6.45, 7) is 4.94. The van der Waals surface area contributed by atoms with E-state index < -0.39 is 0 Å². The summed E-state index contributed by atoms with van der Waals surface area (Å²) >= 11 is 0. The van der Waals surface area contributed by atoms with E-state index in [1.165, 1.54) is 64.2 Å². The third-order valence-electron chi connectivity index (χ3n) is 7.67. The first-order valence-electron chi connectivity index (χ1n) is 9.70. The van der Waals surface area contributed by atoms with Gasteiger partial charge in [0.05, 0.1) is 5.41 Å². The lowest BCUT2D eigenvalue weighted by Crippen LogP contribution is -2.61. The molecule has 0 radical (unpaired) electrons. The number of carbonyl (C=O) groups is 1. The molecule has 0 saturated heterocycles. The van der Waals surface area contributed by atoms with E-state index in [9.17, 15) is 4.79 Å². The molecule has 6 rings (SSSR count). The summed E-state index contributed by atoms with van der Waals surface area (Å²) in [6.07, 6.45) is 13.1. The summed E-state index contributed by atoms with van der Waals surface area (Å²) in [6, 6.07) is 0.529. The molecule has 4 bridgehead atoms. The Morgan fingerprint density at radius 3 is 1.91 bits per heavy atom. The molecule has 22 heavy (non-hydrogen) atoms. The average Bonchev–Trinajstić information content (AvgIpc) is 3.23. The van der Waals surface area contributed by atoms with Crippen LogP contribution in [0.15, 0.2) is 0 Å². The molecular formula is C20H31NO. The molecule has 2 nitrogen and oxygen atoms in total. The smallest absolute Gasteiger partial charge is 0.226 e. The van der Waals surface area contributed by atoms with Gasteiger partial charge in [-0.2, -0.15) is 0 Å². The molecule has 0 spiro atoms. The van der Waals surface area contributed by atoms with E-state index in [-0.39, 0.29) is 5.41 Å². The number of rotatable bonds is 4. The Hall–Kier alpha value is -0.530. The molecule has 0 aliphatic heterocycles. The minimum absolute atomic E-state index is 0.00898. The maximum atomic E-state index is 13.3. The molecule has 6 aliphatic rings. The standard InChI is InChI=1S/C20H31NO/c1-18-7-13-8-19(2,10-18)12-20(9-13,11-18)17(22)21-16(14-3-4-14)15-5-6-15/h13-16H,3-12H2,1-2H3,(H,21,22). The number of amides is 1. The van der Waals surface area contributed by atoms with Crippen molar-refractivity contribution in [1.29, 1.82) is 0 Å². The fourth-order valence-corrected chi connectivity index (χ4v) is 7.54. The van der Waals surface area contributed by atoms with Gasteiger partial charge in [0.15, 0.2) is 0 Å². The first-order chi connectivity index (χ1) is 10.4. The van der Waals surface area contributed by atoms with Crippen molar-refractivity contribution in [2.75, 3.05) is 0 Å². The number of hydrogen-bond acceptors (Lipinski definition) is 1. The van der Waals surface area contributed by atoms with Gasteiger partial charge in [-0.15, -0.1) is 0 Å². The van der Waals surface area contributed by atoms with E-state index >= 15 is 0 Å². The van der Waals surface area contributed by atoms with Crippen LogP contribution in [0.3, 0.4) is 0 Å². The highest BCUT2D eigenvalue weighted by molar-refractivity contribution is 5.83. The molecule has 0 aromatic heterocycles. The third kappa shape index (κ3) is 2.08. The zero-order chi connectivity index (χ0) is 15.2. The Kier molecular flexibility index (Phi) is 2.59. The normalized spacial score (nSPS) is 49.7. The largest absolute Gasteiger partial charge is 0.352 e. The molecular weight excluding hydrogens is 270 g/mol. The molecule has 2 atom stereocenters. The van der Waals surface area contributed by atoms with Crippen LogP contribution < -0.4 is 5.32 Å². The van der Waals surface area contributed by atoms with Crippen LogP contribution in [0.1, 0.15) is 78.1 Å². The number of carbonyl (C=O) groups excluding carboxylic acids is 1. The Labute approximate surface area is 134 Å². The summed E-state index contributed by atoms with van der Waals surface area (Å²) in [5.74, 6) is 2.91. The van der Waals surface area contributed by atoms with Crippen molar-refractivity contribution in [3.8, 4) is 0 Å². The fourth-order valence-electron chi connectivity index (χ4n) is 7.54. The van der Waals surface area contributed by atoms with E-state index in [1.54, 1.807) is 0 Å². The van der Waals surface area contributed by atoms with E-state index in [2.05, 4.69) is 19.2 Å². The minimum atomic E-state index is -0.00898. The van der Waals surface area contributed by atoms with Crippen molar-refractivity contribution < 1.29 is 4.79 Å². The van der Waals surface area contributed by atoms with E-state index in [1.807, 2.05) is 0 Å². The van der Waals surface area contributed by atoms with Gasteiger partial charge in [0.1, 0.15) is 0 Å². The maximum absolute atomic E-state index is 13.3. The van der Waals surface area contributed by atoms with Crippen molar-refractivity contribution >= 4 is 5.91 Å². The molecule has 1 N–H and O–H groups in total. The minimum Gasteiger partial charge on any atom is -0.352 e. The van der Waals surface area contributed by atoms with Crippen molar-refractivity contribution in [1.82, 2.24) is 5.32 Å². The summed E-state index contributed by atoms with van der Waals surface area (Å²) in [7, 11) is 0. The molecule has 2 heteroatoms. The van der Waals surface area contributed by atoms with Crippen LogP contribution in [0, 0.1) is 34.0 Å². The van der Waals surface area contributed by atoms with Gasteiger partial charge in [0, 0.05) is 6.04 Å². The quantitative estimate of drug-likeness (QED) is 0.824. The lowest BCUT2D eigenvalue weighted by Gasteiger charge is -2.64. The molecule has 6 fully saturated rings. The second-order valence-corrected chi connectivity index (χ2v) is 10.6.